The third-order valence-electron chi connectivity index (χ3n) is 4.56. The molecule has 1 aromatic rings. The lowest BCUT2D eigenvalue weighted by Crippen LogP contribution is -2.52. The van der Waals surface area contributed by atoms with E-state index in [0.717, 1.165) is 25.5 Å². The van der Waals surface area contributed by atoms with E-state index in [4.69, 9.17) is 4.74 Å². The van der Waals surface area contributed by atoms with Crippen LogP contribution in [-0.2, 0) is 25.1 Å². The number of carbonyl (C=O) groups is 2. The maximum absolute atomic E-state index is 12.3. The van der Waals surface area contributed by atoms with Crippen LogP contribution in [0.4, 0.5) is 0 Å². The van der Waals surface area contributed by atoms with Crippen molar-refractivity contribution in [3.63, 3.8) is 0 Å². The topological polar surface area (TPSA) is 113 Å². The number of sulfone groups is 1. The van der Waals surface area contributed by atoms with Crippen molar-refractivity contribution in [1.82, 2.24) is 5.32 Å². The Morgan fingerprint density at radius 3 is 2.33 bits per heavy atom. The van der Waals surface area contributed by atoms with Crippen LogP contribution in [0.1, 0.15) is 54.9 Å². The Hall–Kier alpha value is -2.40. The summed E-state index contributed by atoms with van der Waals surface area (Å²) in [6.07, 6.45) is 4.08. The van der Waals surface area contributed by atoms with E-state index in [-0.39, 0.29) is 11.3 Å². The fraction of sp³-hybridized carbons (Fsp3) is 0.526. The van der Waals surface area contributed by atoms with Crippen LogP contribution in [0.15, 0.2) is 24.3 Å². The van der Waals surface area contributed by atoms with E-state index in [1.54, 1.807) is 0 Å². The van der Waals surface area contributed by atoms with Gasteiger partial charge in [0.05, 0.1) is 17.4 Å². The molecule has 1 aliphatic carbocycles. The molecule has 0 aromatic heterocycles. The van der Waals surface area contributed by atoms with Crippen LogP contribution >= 0.6 is 0 Å². The molecule has 1 atom stereocenters. The van der Waals surface area contributed by atoms with E-state index in [1.165, 1.54) is 31.2 Å². The predicted octanol–water partition coefficient (Wildman–Crippen LogP) is 2.12. The summed E-state index contributed by atoms with van der Waals surface area (Å²) in [5, 5.41) is 12.2. The monoisotopic (exact) mass is 392 g/mol. The highest BCUT2D eigenvalue weighted by Crippen LogP contribution is 2.27. The molecule has 1 aromatic carbocycles. The molecular formula is C19H24N2O5S. The van der Waals surface area contributed by atoms with Crippen molar-refractivity contribution in [2.45, 2.75) is 56.4 Å². The minimum Gasteiger partial charge on any atom is -0.449 e. The zero-order valence-corrected chi connectivity index (χ0v) is 16.3. The zero-order chi connectivity index (χ0) is 20.1. The van der Waals surface area contributed by atoms with Crippen molar-refractivity contribution < 1.29 is 22.7 Å². The molecule has 0 aliphatic heterocycles. The first-order valence-electron chi connectivity index (χ1n) is 8.85. The number of ether oxygens (including phenoxy) is 1. The predicted molar refractivity (Wildman–Crippen MR) is 99.4 cm³/mol. The van der Waals surface area contributed by atoms with Gasteiger partial charge in [-0.15, -0.1) is 0 Å². The third kappa shape index (κ3) is 6.07. The normalized spacial score (nSPS) is 17.4. The van der Waals surface area contributed by atoms with Crippen molar-refractivity contribution >= 4 is 21.7 Å². The molecule has 8 heteroatoms. The standard InChI is InChI=1S/C19H24N2O5S/c1-14(17(22)21-19(13-20)10-4-3-5-11-19)26-18(23)16-8-6-15(7-9-16)12-27(2,24)25/h6-9,14H,3-5,10-12H2,1-2H3,(H,21,22)/t14-/m1/s1. The lowest BCUT2D eigenvalue weighted by Gasteiger charge is -2.32. The maximum Gasteiger partial charge on any atom is 0.338 e. The summed E-state index contributed by atoms with van der Waals surface area (Å²) in [5.41, 5.74) is -0.101. The van der Waals surface area contributed by atoms with Gasteiger partial charge in [-0.05, 0) is 37.5 Å². The smallest absolute Gasteiger partial charge is 0.338 e. The van der Waals surface area contributed by atoms with Crippen molar-refractivity contribution in [3.05, 3.63) is 35.4 Å². The van der Waals surface area contributed by atoms with Crippen molar-refractivity contribution in [3.8, 4) is 6.07 Å². The molecule has 27 heavy (non-hydrogen) atoms. The van der Waals surface area contributed by atoms with Gasteiger partial charge in [0.1, 0.15) is 5.54 Å². The Bertz CT molecular complexity index is 834. The largest absolute Gasteiger partial charge is 0.449 e. The van der Waals surface area contributed by atoms with E-state index in [2.05, 4.69) is 11.4 Å². The van der Waals surface area contributed by atoms with Crippen molar-refractivity contribution in [2.75, 3.05) is 6.26 Å². The first kappa shape index (κ1) is 20.9. The summed E-state index contributed by atoms with van der Waals surface area (Å²) in [7, 11) is -3.16. The zero-order valence-electron chi connectivity index (χ0n) is 15.5. The number of nitrogens with one attached hydrogen (secondary N) is 1. The Labute approximate surface area is 159 Å². The second kappa shape index (κ2) is 8.53. The Kier molecular flexibility index (Phi) is 6.60. The van der Waals surface area contributed by atoms with Gasteiger partial charge in [0.15, 0.2) is 15.9 Å². The maximum atomic E-state index is 12.3. The summed E-state index contributed by atoms with van der Waals surface area (Å²) in [6.45, 7) is 1.46. The molecule has 146 valence electrons. The molecule has 1 N–H and O–H groups in total. The molecule has 1 aliphatic rings. The number of rotatable bonds is 6. The molecule has 1 fully saturated rings. The minimum atomic E-state index is -3.16. The summed E-state index contributed by atoms with van der Waals surface area (Å²) >= 11 is 0. The van der Waals surface area contributed by atoms with E-state index in [1.807, 2.05) is 0 Å². The lowest BCUT2D eigenvalue weighted by atomic mass is 9.83. The fourth-order valence-electron chi connectivity index (χ4n) is 3.08. The van der Waals surface area contributed by atoms with E-state index in [9.17, 15) is 23.3 Å². The van der Waals surface area contributed by atoms with Gasteiger partial charge in [-0.2, -0.15) is 5.26 Å². The van der Waals surface area contributed by atoms with Crippen LogP contribution in [-0.4, -0.2) is 38.2 Å². The quantitative estimate of drug-likeness (QED) is 0.742. The van der Waals surface area contributed by atoms with E-state index < -0.39 is 33.4 Å². The van der Waals surface area contributed by atoms with Crippen LogP contribution in [0.25, 0.3) is 0 Å². The lowest BCUT2D eigenvalue weighted by molar-refractivity contribution is -0.130. The fourth-order valence-corrected chi connectivity index (χ4v) is 3.88. The Balaban J connectivity index is 1.96. The number of esters is 1. The molecule has 0 spiro atoms. The number of nitriles is 1. The van der Waals surface area contributed by atoms with Crippen LogP contribution in [0.3, 0.4) is 0 Å². The molecular weight excluding hydrogens is 368 g/mol. The number of amides is 1. The van der Waals surface area contributed by atoms with Crippen molar-refractivity contribution in [1.29, 1.82) is 5.26 Å². The molecule has 0 radical (unpaired) electrons. The van der Waals surface area contributed by atoms with Gasteiger partial charge in [-0.25, -0.2) is 13.2 Å². The van der Waals surface area contributed by atoms with Crippen LogP contribution in [0.2, 0.25) is 0 Å². The van der Waals surface area contributed by atoms with Gasteiger partial charge in [0.25, 0.3) is 5.91 Å². The molecule has 2 rings (SSSR count). The number of hydrogen-bond donors (Lipinski definition) is 1. The van der Waals surface area contributed by atoms with E-state index in [0.29, 0.717) is 18.4 Å². The SMILES string of the molecule is C[C@@H](OC(=O)c1ccc(CS(C)(=O)=O)cc1)C(=O)NC1(C#N)CCCCC1. The Morgan fingerprint density at radius 1 is 1.22 bits per heavy atom. The number of carbonyl (C=O) groups excluding carboxylic acids is 2. The number of benzene rings is 1. The second-order valence-corrected chi connectivity index (χ2v) is 9.20. The van der Waals surface area contributed by atoms with Crippen LogP contribution in [0.5, 0.6) is 0 Å². The molecule has 1 saturated carbocycles. The third-order valence-corrected chi connectivity index (χ3v) is 5.41. The van der Waals surface area contributed by atoms with E-state index >= 15 is 0 Å². The van der Waals surface area contributed by atoms with Crippen molar-refractivity contribution in [2.24, 2.45) is 0 Å². The molecule has 7 nitrogen and oxygen atoms in total. The minimum absolute atomic E-state index is 0.114. The second-order valence-electron chi connectivity index (χ2n) is 7.06. The number of hydrogen-bond acceptors (Lipinski definition) is 6. The molecule has 1 amide bonds. The van der Waals surface area contributed by atoms with Gasteiger partial charge < -0.3 is 10.1 Å². The summed E-state index contributed by atoms with van der Waals surface area (Å²) in [4.78, 5) is 24.6. The highest BCUT2D eigenvalue weighted by molar-refractivity contribution is 7.89. The summed E-state index contributed by atoms with van der Waals surface area (Å²) < 4.78 is 27.8. The summed E-state index contributed by atoms with van der Waals surface area (Å²) in [5.74, 6) is -1.30. The number of nitrogens with zero attached hydrogens (tertiary/aromatic N) is 1. The average Bonchev–Trinajstić information content (AvgIpc) is 2.61. The van der Waals surface area contributed by atoms with Gasteiger partial charge >= 0.3 is 5.97 Å². The highest BCUT2D eigenvalue weighted by atomic mass is 32.2. The first-order valence-corrected chi connectivity index (χ1v) is 10.9. The molecule has 0 unspecified atom stereocenters. The first-order chi connectivity index (χ1) is 12.6. The van der Waals surface area contributed by atoms with Gasteiger partial charge in [0, 0.05) is 6.26 Å². The van der Waals surface area contributed by atoms with Gasteiger partial charge in [-0.1, -0.05) is 31.4 Å². The van der Waals surface area contributed by atoms with Gasteiger partial charge in [-0.3, -0.25) is 4.79 Å². The van der Waals surface area contributed by atoms with Crippen LogP contribution < -0.4 is 5.32 Å². The van der Waals surface area contributed by atoms with Gasteiger partial charge in [0.2, 0.25) is 0 Å². The molecule has 0 bridgehead atoms. The summed E-state index contributed by atoms with van der Waals surface area (Å²) in [6, 6.07) is 8.19. The highest BCUT2D eigenvalue weighted by Gasteiger charge is 2.35. The average molecular weight is 392 g/mol. The Morgan fingerprint density at radius 2 is 1.81 bits per heavy atom. The molecule has 0 heterocycles. The van der Waals surface area contributed by atoms with Crippen LogP contribution in [0, 0.1) is 11.3 Å². The molecule has 0 saturated heterocycles.